The van der Waals surface area contributed by atoms with Crippen molar-refractivity contribution in [3.8, 4) is 34.5 Å². The summed E-state index contributed by atoms with van der Waals surface area (Å²) < 4.78 is 16.6. The van der Waals surface area contributed by atoms with E-state index in [4.69, 9.17) is 14.2 Å². The summed E-state index contributed by atoms with van der Waals surface area (Å²) in [6.45, 7) is -0.702. The highest BCUT2D eigenvalue weighted by molar-refractivity contribution is 6.13. The number of carbonyl (C=O) groups excluding carboxylic acids is 3. The summed E-state index contributed by atoms with van der Waals surface area (Å²) in [5, 5.41) is 83.6. The van der Waals surface area contributed by atoms with Crippen LogP contribution in [0.4, 0.5) is 0 Å². The molecule has 4 aromatic rings. The third-order valence-electron chi connectivity index (χ3n) is 7.45. The summed E-state index contributed by atoms with van der Waals surface area (Å²) in [7, 11) is 0. The molecule has 14 nitrogen and oxygen atoms in total. The number of phenols is 6. The number of ether oxygens (including phenoxy) is 3. The molecule has 0 radical (unpaired) electrons. The minimum Gasteiger partial charge on any atom is -0.508 e. The second-order valence-electron chi connectivity index (χ2n) is 10.6. The summed E-state index contributed by atoms with van der Waals surface area (Å²) >= 11 is 0. The minimum absolute atomic E-state index is 0.0251. The third-order valence-corrected chi connectivity index (χ3v) is 7.45. The van der Waals surface area contributed by atoms with E-state index in [1.165, 1.54) is 72.8 Å². The van der Waals surface area contributed by atoms with E-state index in [2.05, 4.69) is 0 Å². The molecule has 244 valence electrons. The summed E-state index contributed by atoms with van der Waals surface area (Å²) in [5.74, 6) is -6.10. The van der Waals surface area contributed by atoms with Gasteiger partial charge >= 0.3 is 11.9 Å². The van der Waals surface area contributed by atoms with Crippen molar-refractivity contribution in [3.63, 3.8) is 0 Å². The second kappa shape index (κ2) is 13.3. The highest BCUT2D eigenvalue weighted by atomic mass is 16.6. The predicted molar refractivity (Wildman–Crippen MR) is 158 cm³/mol. The highest BCUT2D eigenvalue weighted by Gasteiger charge is 2.50. The van der Waals surface area contributed by atoms with Crippen LogP contribution in [-0.4, -0.2) is 89.6 Å². The Kier molecular flexibility index (Phi) is 9.19. The van der Waals surface area contributed by atoms with E-state index < -0.39 is 83.2 Å². The van der Waals surface area contributed by atoms with Gasteiger partial charge in [-0.15, -0.1) is 0 Å². The van der Waals surface area contributed by atoms with Crippen LogP contribution in [0.1, 0.15) is 48.3 Å². The molecule has 0 amide bonds. The van der Waals surface area contributed by atoms with E-state index in [0.717, 1.165) is 0 Å². The summed E-state index contributed by atoms with van der Waals surface area (Å²) in [4.78, 5) is 39.0. The maximum absolute atomic E-state index is 13.3. The first kappa shape index (κ1) is 32.6. The van der Waals surface area contributed by atoms with Crippen molar-refractivity contribution in [2.45, 2.75) is 30.5 Å². The number of aromatic hydroxyl groups is 6. The van der Waals surface area contributed by atoms with Crippen molar-refractivity contribution in [3.05, 3.63) is 107 Å². The molecule has 47 heavy (non-hydrogen) atoms. The summed E-state index contributed by atoms with van der Waals surface area (Å²) in [5.41, 5.74) is -1.51. The smallest absolute Gasteiger partial charge is 0.338 e. The van der Waals surface area contributed by atoms with Crippen LogP contribution in [0, 0.1) is 0 Å². The molecule has 1 saturated heterocycles. The average Bonchev–Trinajstić information content (AvgIpc) is 3.04. The SMILES string of the molecule is O=C(OC[C@H]1O[C@@H](c2c(O)cc(O)c(C(=O)c3ccc(O)cc3)c2O)[C@H](OC(=O)c2ccc(O)cc2)[C@@H](O)[C@@H]1O)c1ccc(O)cc1. The molecule has 0 aliphatic carbocycles. The normalized spacial score (nSPS) is 20.7. The Hall–Kier alpha value is -5.83. The van der Waals surface area contributed by atoms with Crippen LogP contribution in [0.3, 0.4) is 0 Å². The lowest BCUT2D eigenvalue weighted by atomic mass is 9.88. The van der Waals surface area contributed by atoms with Gasteiger partial charge in [0.25, 0.3) is 0 Å². The maximum Gasteiger partial charge on any atom is 0.338 e. The van der Waals surface area contributed by atoms with Crippen LogP contribution in [0.2, 0.25) is 0 Å². The van der Waals surface area contributed by atoms with E-state index >= 15 is 0 Å². The predicted octanol–water partition coefficient (Wildman–Crippen LogP) is 2.40. The molecule has 0 bridgehead atoms. The molecule has 1 aliphatic heterocycles. The van der Waals surface area contributed by atoms with Crippen molar-refractivity contribution in [1.82, 2.24) is 0 Å². The molecule has 1 heterocycles. The maximum atomic E-state index is 13.3. The topological polar surface area (TPSA) is 241 Å². The fourth-order valence-corrected chi connectivity index (χ4v) is 4.99. The van der Waals surface area contributed by atoms with Gasteiger partial charge in [0.2, 0.25) is 5.78 Å². The fourth-order valence-electron chi connectivity index (χ4n) is 4.99. The number of rotatable bonds is 8. The van der Waals surface area contributed by atoms with E-state index in [-0.39, 0.29) is 33.9 Å². The molecule has 14 heteroatoms. The van der Waals surface area contributed by atoms with E-state index in [0.29, 0.717) is 6.07 Å². The van der Waals surface area contributed by atoms with Crippen LogP contribution >= 0.6 is 0 Å². The van der Waals surface area contributed by atoms with Gasteiger partial charge in [-0.1, -0.05) is 0 Å². The Bertz CT molecular complexity index is 1780. The number of hydrogen-bond acceptors (Lipinski definition) is 14. The van der Waals surface area contributed by atoms with Crippen molar-refractivity contribution >= 4 is 17.7 Å². The first-order chi connectivity index (χ1) is 22.3. The molecular formula is C33H28O14. The molecule has 1 fully saturated rings. The minimum atomic E-state index is -2.00. The molecule has 0 saturated carbocycles. The average molecular weight is 649 g/mol. The fraction of sp³-hybridized carbons (Fsp3) is 0.182. The number of benzene rings is 4. The zero-order chi connectivity index (χ0) is 34.0. The first-order valence-corrected chi connectivity index (χ1v) is 13.9. The Labute approximate surface area is 265 Å². The Morgan fingerprint density at radius 1 is 0.638 bits per heavy atom. The largest absolute Gasteiger partial charge is 0.508 e. The lowest BCUT2D eigenvalue weighted by Crippen LogP contribution is -2.57. The van der Waals surface area contributed by atoms with Crippen LogP contribution in [0.15, 0.2) is 78.9 Å². The molecule has 4 aromatic carbocycles. The van der Waals surface area contributed by atoms with Crippen molar-refractivity contribution < 1.29 is 69.4 Å². The number of ketones is 1. The van der Waals surface area contributed by atoms with Gasteiger partial charge in [0.1, 0.15) is 71.1 Å². The monoisotopic (exact) mass is 648 g/mol. The van der Waals surface area contributed by atoms with E-state index in [1.807, 2.05) is 0 Å². The van der Waals surface area contributed by atoms with Gasteiger partial charge in [0.05, 0.1) is 16.7 Å². The lowest BCUT2D eigenvalue weighted by Gasteiger charge is -2.42. The number of esters is 2. The lowest BCUT2D eigenvalue weighted by molar-refractivity contribution is -0.232. The third kappa shape index (κ3) is 6.74. The molecule has 5 atom stereocenters. The van der Waals surface area contributed by atoms with Crippen molar-refractivity contribution in [1.29, 1.82) is 0 Å². The van der Waals surface area contributed by atoms with Crippen LogP contribution < -0.4 is 0 Å². The van der Waals surface area contributed by atoms with Gasteiger partial charge in [-0.3, -0.25) is 4.79 Å². The van der Waals surface area contributed by atoms with Gasteiger partial charge < -0.3 is 55.1 Å². The number of carbonyl (C=O) groups is 3. The van der Waals surface area contributed by atoms with E-state index in [9.17, 15) is 55.2 Å². The number of aliphatic hydroxyl groups is 2. The highest BCUT2D eigenvalue weighted by Crippen LogP contribution is 2.47. The van der Waals surface area contributed by atoms with Gasteiger partial charge in [0, 0.05) is 11.6 Å². The molecule has 5 rings (SSSR count). The zero-order valence-electron chi connectivity index (χ0n) is 24.1. The molecule has 1 aliphatic rings. The zero-order valence-corrected chi connectivity index (χ0v) is 24.1. The summed E-state index contributed by atoms with van der Waals surface area (Å²) in [6, 6.07) is 15.3. The Morgan fingerprint density at radius 2 is 1.13 bits per heavy atom. The number of hydrogen-bond donors (Lipinski definition) is 8. The van der Waals surface area contributed by atoms with Gasteiger partial charge in [-0.05, 0) is 72.8 Å². The summed E-state index contributed by atoms with van der Waals surface area (Å²) in [6.07, 6.45) is -9.18. The quantitative estimate of drug-likeness (QED) is 0.101. The standard InChI is InChI=1S/C33H28O14/c34-18-7-1-15(2-8-18)26(39)24-21(37)13-22(38)25(28(24)41)30-31(47-33(44)17-5-11-20(36)12-6-17)29(42)27(40)23(46-30)14-45-32(43)16-3-9-19(35)10-4-16/h1-13,23,27,29-31,34-38,40-42H,14H2/t23-,27-,29+,30+,31-/m1/s1. The van der Waals surface area contributed by atoms with Crippen molar-refractivity contribution in [2.75, 3.05) is 6.61 Å². The first-order valence-electron chi connectivity index (χ1n) is 13.9. The molecule has 0 unspecified atom stereocenters. The number of phenolic OH excluding ortho intramolecular Hbond substituents is 6. The number of aliphatic hydroxyl groups excluding tert-OH is 2. The Morgan fingerprint density at radius 3 is 1.66 bits per heavy atom. The van der Waals surface area contributed by atoms with Gasteiger partial charge in [0.15, 0.2) is 6.10 Å². The Balaban J connectivity index is 1.53. The van der Waals surface area contributed by atoms with Crippen molar-refractivity contribution in [2.24, 2.45) is 0 Å². The molecule has 8 N–H and O–H groups in total. The molecule has 0 spiro atoms. The van der Waals surface area contributed by atoms with Crippen LogP contribution in [0.5, 0.6) is 34.5 Å². The second-order valence-corrected chi connectivity index (χ2v) is 10.6. The van der Waals surface area contributed by atoms with Crippen LogP contribution in [0.25, 0.3) is 0 Å². The van der Waals surface area contributed by atoms with Gasteiger partial charge in [-0.25, -0.2) is 9.59 Å². The van der Waals surface area contributed by atoms with Crippen LogP contribution in [-0.2, 0) is 14.2 Å². The molecular weight excluding hydrogens is 620 g/mol. The van der Waals surface area contributed by atoms with E-state index in [1.54, 1.807) is 0 Å². The van der Waals surface area contributed by atoms with Gasteiger partial charge in [-0.2, -0.15) is 0 Å². The molecule has 0 aromatic heterocycles.